The fourth-order valence-electron chi connectivity index (χ4n) is 2.76. The predicted molar refractivity (Wildman–Crippen MR) is 107 cm³/mol. The van der Waals surface area contributed by atoms with Crippen molar-refractivity contribution >= 4 is 51.0 Å². The summed E-state index contributed by atoms with van der Waals surface area (Å²) in [4.78, 5) is 17.2. The summed E-state index contributed by atoms with van der Waals surface area (Å²) >= 11 is 7.91. The molecule has 27 heavy (non-hydrogen) atoms. The van der Waals surface area contributed by atoms with Gasteiger partial charge in [-0.3, -0.25) is 0 Å². The van der Waals surface area contributed by atoms with E-state index in [2.05, 4.69) is 4.99 Å². The molecule has 0 atom stereocenters. The number of cyclic esters (lactones) is 1. The lowest BCUT2D eigenvalue weighted by atomic mass is 10.1. The number of aryl methyl sites for hydroxylation is 1. The van der Waals surface area contributed by atoms with Crippen LogP contribution in [0.15, 0.2) is 47.1 Å². The minimum atomic E-state index is -0.554. The minimum Gasteiger partial charge on any atom is -0.504 e. The van der Waals surface area contributed by atoms with Gasteiger partial charge in [0, 0.05) is 10.1 Å². The summed E-state index contributed by atoms with van der Waals surface area (Å²) in [5.41, 5.74) is 1.93. The first-order valence-electron chi connectivity index (χ1n) is 8.05. The highest BCUT2D eigenvalue weighted by molar-refractivity contribution is 7.21. The number of aliphatic imine (C=N–C) groups is 1. The zero-order valence-corrected chi connectivity index (χ0v) is 16.0. The Morgan fingerprint density at radius 3 is 2.85 bits per heavy atom. The number of phenols is 1. The summed E-state index contributed by atoms with van der Waals surface area (Å²) in [6.45, 7) is 2.01. The SMILES string of the molecule is COc1cc(/C=C2/N=C(c3sc4cc(C)ccc4c3Cl)OC2=O)ccc1O. The molecule has 5 nitrogen and oxygen atoms in total. The first-order valence-corrected chi connectivity index (χ1v) is 9.24. The van der Waals surface area contributed by atoms with Crippen LogP contribution in [-0.2, 0) is 9.53 Å². The average molecular weight is 400 g/mol. The Bertz CT molecular complexity index is 1150. The monoisotopic (exact) mass is 399 g/mol. The number of hydrogen-bond acceptors (Lipinski definition) is 6. The Balaban J connectivity index is 1.74. The molecule has 2 heterocycles. The molecule has 0 bridgehead atoms. The van der Waals surface area contributed by atoms with Gasteiger partial charge < -0.3 is 14.6 Å². The van der Waals surface area contributed by atoms with E-state index in [0.29, 0.717) is 21.2 Å². The van der Waals surface area contributed by atoms with Gasteiger partial charge in [-0.05, 0) is 42.3 Å². The minimum absolute atomic E-state index is 0.0187. The molecule has 0 amide bonds. The Hall–Kier alpha value is -2.83. The predicted octanol–water partition coefficient (Wildman–Crippen LogP) is 4.92. The number of phenolic OH excluding ortho intramolecular Hbond substituents is 1. The van der Waals surface area contributed by atoms with Crippen LogP contribution >= 0.6 is 22.9 Å². The molecule has 1 N–H and O–H groups in total. The molecular formula is C20H14ClNO4S. The molecule has 0 fully saturated rings. The first-order chi connectivity index (χ1) is 13.0. The zero-order valence-electron chi connectivity index (χ0n) is 14.4. The number of fused-ring (bicyclic) bond motifs is 1. The number of rotatable bonds is 3. The highest BCUT2D eigenvalue weighted by atomic mass is 35.5. The number of benzene rings is 2. The number of methoxy groups -OCH3 is 1. The molecule has 136 valence electrons. The quantitative estimate of drug-likeness (QED) is 0.501. The van der Waals surface area contributed by atoms with E-state index in [1.165, 1.54) is 24.5 Å². The maximum atomic E-state index is 12.2. The number of carbonyl (C=O) groups excluding carboxylic acids is 1. The summed E-state index contributed by atoms with van der Waals surface area (Å²) in [7, 11) is 1.46. The van der Waals surface area contributed by atoms with E-state index in [9.17, 15) is 9.90 Å². The van der Waals surface area contributed by atoms with E-state index in [1.54, 1.807) is 18.2 Å². The maximum absolute atomic E-state index is 12.2. The summed E-state index contributed by atoms with van der Waals surface area (Å²) in [5, 5.41) is 11.1. The smallest absolute Gasteiger partial charge is 0.363 e. The van der Waals surface area contributed by atoms with E-state index in [0.717, 1.165) is 15.6 Å². The molecule has 0 saturated heterocycles. The number of esters is 1. The lowest BCUT2D eigenvalue weighted by molar-refractivity contribution is -0.129. The lowest BCUT2D eigenvalue weighted by Crippen LogP contribution is -2.04. The zero-order chi connectivity index (χ0) is 19.1. The van der Waals surface area contributed by atoms with Crippen molar-refractivity contribution in [2.24, 2.45) is 4.99 Å². The molecule has 7 heteroatoms. The second-order valence-electron chi connectivity index (χ2n) is 6.01. The van der Waals surface area contributed by atoms with Crippen LogP contribution < -0.4 is 4.74 Å². The van der Waals surface area contributed by atoms with Crippen molar-refractivity contribution in [3.8, 4) is 11.5 Å². The normalized spacial score (nSPS) is 15.3. The van der Waals surface area contributed by atoms with Crippen LogP contribution in [0.25, 0.3) is 16.2 Å². The number of hydrogen-bond donors (Lipinski definition) is 1. The molecular weight excluding hydrogens is 386 g/mol. The molecule has 4 rings (SSSR count). The lowest BCUT2D eigenvalue weighted by Gasteiger charge is -2.03. The average Bonchev–Trinajstić information content (AvgIpc) is 3.16. The Morgan fingerprint density at radius 1 is 1.26 bits per heavy atom. The van der Waals surface area contributed by atoms with E-state index >= 15 is 0 Å². The van der Waals surface area contributed by atoms with Gasteiger partial charge in [0.25, 0.3) is 0 Å². The van der Waals surface area contributed by atoms with Gasteiger partial charge >= 0.3 is 5.97 Å². The van der Waals surface area contributed by atoms with Crippen LogP contribution in [0, 0.1) is 6.92 Å². The molecule has 0 saturated carbocycles. The number of nitrogens with zero attached hydrogens (tertiary/aromatic N) is 1. The van der Waals surface area contributed by atoms with Crippen molar-refractivity contribution in [1.82, 2.24) is 0 Å². The molecule has 0 spiro atoms. The van der Waals surface area contributed by atoms with Crippen molar-refractivity contribution in [3.63, 3.8) is 0 Å². The van der Waals surface area contributed by atoms with Crippen molar-refractivity contribution in [2.45, 2.75) is 6.92 Å². The molecule has 1 aromatic heterocycles. The Morgan fingerprint density at radius 2 is 2.07 bits per heavy atom. The van der Waals surface area contributed by atoms with Crippen LogP contribution in [0.2, 0.25) is 5.02 Å². The van der Waals surface area contributed by atoms with E-state index < -0.39 is 5.97 Å². The third-order valence-corrected chi connectivity index (χ3v) is 5.75. The van der Waals surface area contributed by atoms with Crippen LogP contribution in [-0.4, -0.2) is 24.1 Å². The molecule has 0 aliphatic carbocycles. The second kappa shape index (κ2) is 6.72. The fourth-order valence-corrected chi connectivity index (χ4v) is 4.29. The third-order valence-electron chi connectivity index (χ3n) is 4.11. The van der Waals surface area contributed by atoms with Crippen molar-refractivity contribution < 1.29 is 19.4 Å². The fraction of sp³-hybridized carbons (Fsp3) is 0.100. The van der Waals surface area contributed by atoms with Gasteiger partial charge in [0.1, 0.15) is 4.88 Å². The largest absolute Gasteiger partial charge is 0.504 e. The number of aromatic hydroxyl groups is 1. The van der Waals surface area contributed by atoms with Crippen molar-refractivity contribution in [2.75, 3.05) is 7.11 Å². The van der Waals surface area contributed by atoms with Gasteiger partial charge in [0.05, 0.1) is 12.1 Å². The highest BCUT2D eigenvalue weighted by Crippen LogP contribution is 2.38. The number of halogens is 1. The third kappa shape index (κ3) is 3.18. The van der Waals surface area contributed by atoms with Crippen LogP contribution in [0.4, 0.5) is 0 Å². The van der Waals surface area contributed by atoms with Gasteiger partial charge in [-0.15, -0.1) is 11.3 Å². The number of ether oxygens (including phenoxy) is 2. The van der Waals surface area contributed by atoms with E-state index in [4.69, 9.17) is 21.1 Å². The van der Waals surface area contributed by atoms with Gasteiger partial charge in [-0.2, -0.15) is 0 Å². The molecule has 2 aromatic carbocycles. The van der Waals surface area contributed by atoms with Crippen molar-refractivity contribution in [3.05, 3.63) is 63.1 Å². The first kappa shape index (κ1) is 17.6. The van der Waals surface area contributed by atoms with E-state index in [-0.39, 0.29) is 17.3 Å². The van der Waals surface area contributed by atoms with Gasteiger partial charge in [0.15, 0.2) is 17.2 Å². The number of carbonyl (C=O) groups is 1. The van der Waals surface area contributed by atoms with Crippen LogP contribution in [0.3, 0.4) is 0 Å². The van der Waals surface area contributed by atoms with Gasteiger partial charge in [-0.25, -0.2) is 9.79 Å². The second-order valence-corrected chi connectivity index (χ2v) is 7.44. The highest BCUT2D eigenvalue weighted by Gasteiger charge is 2.28. The summed E-state index contributed by atoms with van der Waals surface area (Å²) in [5.74, 6) is -0.0318. The summed E-state index contributed by atoms with van der Waals surface area (Å²) in [6, 6.07) is 10.7. The molecule has 3 aromatic rings. The molecule has 0 radical (unpaired) electrons. The van der Waals surface area contributed by atoms with E-state index in [1.807, 2.05) is 25.1 Å². The molecule has 1 aliphatic heterocycles. The Kier molecular flexibility index (Phi) is 4.37. The Labute approximate surface area is 164 Å². The topological polar surface area (TPSA) is 68.1 Å². The molecule has 0 unspecified atom stereocenters. The summed E-state index contributed by atoms with van der Waals surface area (Å²) < 4.78 is 11.4. The van der Waals surface area contributed by atoms with Gasteiger partial charge in [-0.1, -0.05) is 29.8 Å². The van der Waals surface area contributed by atoms with Gasteiger partial charge in [0.2, 0.25) is 5.90 Å². The standard InChI is InChI=1S/C20H14ClNO4S/c1-10-3-5-12-16(7-10)27-18(17(12)21)19-22-13(20(24)26-19)8-11-4-6-14(23)15(9-11)25-2/h3-9,23H,1-2H3/b13-8+. The van der Waals surface area contributed by atoms with Crippen LogP contribution in [0.1, 0.15) is 16.0 Å². The van der Waals surface area contributed by atoms with Crippen LogP contribution in [0.5, 0.6) is 11.5 Å². The summed E-state index contributed by atoms with van der Waals surface area (Å²) in [6.07, 6.45) is 1.57. The van der Waals surface area contributed by atoms with Crippen molar-refractivity contribution in [1.29, 1.82) is 0 Å². The molecule has 1 aliphatic rings. The number of thiophene rings is 1. The maximum Gasteiger partial charge on any atom is 0.363 e.